The van der Waals surface area contributed by atoms with E-state index >= 15 is 0 Å². The molecule has 4 rings (SSSR count). The molecule has 0 unspecified atom stereocenters. The van der Waals surface area contributed by atoms with Gasteiger partial charge in [-0.05, 0) is 42.3 Å². The van der Waals surface area contributed by atoms with Gasteiger partial charge in [0.15, 0.2) is 0 Å². The molecule has 0 radical (unpaired) electrons. The summed E-state index contributed by atoms with van der Waals surface area (Å²) in [6, 6.07) is 25.4. The van der Waals surface area contributed by atoms with Crippen molar-refractivity contribution < 1.29 is 14.3 Å². The van der Waals surface area contributed by atoms with Gasteiger partial charge in [0.1, 0.15) is 24.7 Å². The fourth-order valence-corrected chi connectivity index (χ4v) is 3.43. The Hall–Kier alpha value is -3.47. The van der Waals surface area contributed by atoms with Crippen LogP contribution >= 0.6 is 0 Å². The van der Waals surface area contributed by atoms with E-state index in [9.17, 15) is 4.79 Å². The first-order chi connectivity index (χ1) is 14.3. The molecule has 0 fully saturated rings. The van der Waals surface area contributed by atoms with Gasteiger partial charge >= 0.3 is 0 Å². The van der Waals surface area contributed by atoms with Gasteiger partial charge in [0.25, 0.3) is 0 Å². The average Bonchev–Trinajstić information content (AvgIpc) is 3.21. The summed E-state index contributed by atoms with van der Waals surface area (Å²) in [7, 11) is 0. The van der Waals surface area contributed by atoms with Gasteiger partial charge in [0.05, 0.1) is 12.2 Å². The van der Waals surface area contributed by atoms with Crippen LogP contribution in [0.1, 0.15) is 5.56 Å². The highest BCUT2D eigenvalue weighted by atomic mass is 16.5. The first-order valence-corrected chi connectivity index (χ1v) is 9.83. The number of fused-ring (bicyclic) bond motifs is 1. The minimum atomic E-state index is 0.0529. The van der Waals surface area contributed by atoms with Crippen LogP contribution in [0.4, 0.5) is 11.4 Å². The van der Waals surface area contributed by atoms with E-state index in [2.05, 4.69) is 11.4 Å². The highest BCUT2D eigenvalue weighted by Crippen LogP contribution is 2.28. The van der Waals surface area contributed by atoms with Crippen molar-refractivity contribution >= 4 is 17.3 Å². The number of amides is 1. The molecule has 0 aliphatic carbocycles. The molecule has 0 aromatic heterocycles. The molecular formula is C24H24N2O3. The molecule has 3 aromatic carbocycles. The Bertz CT molecular complexity index is 959. The van der Waals surface area contributed by atoms with Gasteiger partial charge in [0.2, 0.25) is 5.91 Å². The van der Waals surface area contributed by atoms with Crippen molar-refractivity contribution in [1.82, 2.24) is 0 Å². The number of benzene rings is 3. The lowest BCUT2D eigenvalue weighted by molar-refractivity contribution is -0.116. The highest BCUT2D eigenvalue weighted by Gasteiger charge is 2.23. The highest BCUT2D eigenvalue weighted by molar-refractivity contribution is 5.98. The fraction of sp³-hybridized carbons (Fsp3) is 0.208. The third kappa shape index (κ3) is 4.69. The molecule has 5 nitrogen and oxygen atoms in total. The minimum absolute atomic E-state index is 0.0529. The Morgan fingerprint density at radius 2 is 1.59 bits per heavy atom. The Morgan fingerprint density at radius 1 is 0.862 bits per heavy atom. The molecule has 1 aliphatic heterocycles. The van der Waals surface area contributed by atoms with Crippen molar-refractivity contribution in [2.75, 3.05) is 36.5 Å². The summed E-state index contributed by atoms with van der Waals surface area (Å²) in [5.74, 6) is 1.58. The number of hydrogen-bond donors (Lipinski definition) is 1. The van der Waals surface area contributed by atoms with Crippen molar-refractivity contribution in [2.24, 2.45) is 0 Å². The smallest absolute Gasteiger partial charge is 0.246 e. The summed E-state index contributed by atoms with van der Waals surface area (Å²) in [5, 5.41) is 3.22. The molecule has 1 heterocycles. The van der Waals surface area contributed by atoms with Crippen molar-refractivity contribution in [3.8, 4) is 11.5 Å². The Kier molecular flexibility index (Phi) is 5.95. The number of para-hydroxylation sites is 4. The summed E-state index contributed by atoms with van der Waals surface area (Å²) >= 11 is 0. The average molecular weight is 388 g/mol. The van der Waals surface area contributed by atoms with Crippen molar-refractivity contribution in [2.45, 2.75) is 6.42 Å². The third-order valence-corrected chi connectivity index (χ3v) is 4.86. The summed E-state index contributed by atoms with van der Waals surface area (Å²) in [6.07, 6.45) is 0.906. The number of carbonyl (C=O) groups excluding carboxylic acids is 1. The molecule has 3 aromatic rings. The number of nitrogens with one attached hydrogen (secondary N) is 1. The van der Waals surface area contributed by atoms with Gasteiger partial charge in [-0.3, -0.25) is 4.79 Å². The topological polar surface area (TPSA) is 50.8 Å². The standard InChI is InChI=1S/C24H24N2O3/c27-24(26-15-14-19-8-4-6-12-22(19)26)18-25-21-11-5-7-13-23(21)29-17-16-28-20-9-2-1-3-10-20/h1-13,25H,14-18H2. The predicted octanol–water partition coefficient (Wildman–Crippen LogP) is 4.15. The molecule has 1 N–H and O–H groups in total. The molecule has 0 atom stereocenters. The zero-order valence-electron chi connectivity index (χ0n) is 16.2. The van der Waals surface area contributed by atoms with Crippen LogP contribution in [0.2, 0.25) is 0 Å². The van der Waals surface area contributed by atoms with Gasteiger partial charge in [-0.25, -0.2) is 0 Å². The normalized spacial score (nSPS) is 12.3. The number of ether oxygens (including phenoxy) is 2. The predicted molar refractivity (Wildman–Crippen MR) is 115 cm³/mol. The minimum Gasteiger partial charge on any atom is -0.490 e. The van der Waals surface area contributed by atoms with Crippen molar-refractivity contribution in [3.63, 3.8) is 0 Å². The van der Waals surface area contributed by atoms with E-state index in [1.165, 1.54) is 5.56 Å². The van der Waals surface area contributed by atoms with Gasteiger partial charge in [-0.15, -0.1) is 0 Å². The Balaban J connectivity index is 1.30. The zero-order chi connectivity index (χ0) is 19.9. The molecule has 0 saturated carbocycles. The number of anilines is 2. The third-order valence-electron chi connectivity index (χ3n) is 4.86. The molecule has 148 valence electrons. The first kappa shape index (κ1) is 18.9. The molecule has 1 amide bonds. The maximum absolute atomic E-state index is 12.7. The quantitative estimate of drug-likeness (QED) is 0.589. The lowest BCUT2D eigenvalue weighted by Gasteiger charge is -2.19. The maximum Gasteiger partial charge on any atom is 0.246 e. The summed E-state index contributed by atoms with van der Waals surface area (Å²) in [4.78, 5) is 14.6. The van der Waals surface area contributed by atoms with Gasteiger partial charge in [0, 0.05) is 12.2 Å². The van der Waals surface area contributed by atoms with Crippen LogP contribution in [0.25, 0.3) is 0 Å². The van der Waals surface area contributed by atoms with Crippen LogP contribution in [0.3, 0.4) is 0 Å². The second-order valence-corrected chi connectivity index (χ2v) is 6.78. The maximum atomic E-state index is 12.7. The second-order valence-electron chi connectivity index (χ2n) is 6.78. The lowest BCUT2D eigenvalue weighted by Crippen LogP contribution is -2.34. The van der Waals surface area contributed by atoms with Crippen LogP contribution in [0.15, 0.2) is 78.9 Å². The van der Waals surface area contributed by atoms with Crippen LogP contribution < -0.4 is 19.7 Å². The number of hydrogen-bond acceptors (Lipinski definition) is 4. The lowest BCUT2D eigenvalue weighted by atomic mass is 10.2. The monoisotopic (exact) mass is 388 g/mol. The molecule has 5 heteroatoms. The van der Waals surface area contributed by atoms with Crippen LogP contribution in [-0.4, -0.2) is 32.2 Å². The first-order valence-electron chi connectivity index (χ1n) is 9.83. The van der Waals surface area contributed by atoms with Gasteiger partial charge < -0.3 is 19.7 Å². The number of nitrogens with zero attached hydrogens (tertiary/aromatic N) is 1. The van der Waals surface area contributed by atoms with Crippen LogP contribution in [0.5, 0.6) is 11.5 Å². The Labute approximate surface area is 170 Å². The van der Waals surface area contributed by atoms with E-state index in [1.807, 2.05) is 77.7 Å². The van der Waals surface area contributed by atoms with Crippen molar-refractivity contribution in [3.05, 3.63) is 84.4 Å². The van der Waals surface area contributed by atoms with Gasteiger partial charge in [-0.1, -0.05) is 48.5 Å². The summed E-state index contributed by atoms with van der Waals surface area (Å²) in [5.41, 5.74) is 3.04. The molecule has 0 spiro atoms. The van der Waals surface area contributed by atoms with E-state index in [-0.39, 0.29) is 12.5 Å². The fourth-order valence-electron chi connectivity index (χ4n) is 3.43. The largest absolute Gasteiger partial charge is 0.490 e. The number of carbonyl (C=O) groups is 1. The van der Waals surface area contributed by atoms with Gasteiger partial charge in [-0.2, -0.15) is 0 Å². The molecule has 1 aliphatic rings. The van der Waals surface area contributed by atoms with Crippen LogP contribution in [0, 0.1) is 0 Å². The van der Waals surface area contributed by atoms with E-state index < -0.39 is 0 Å². The second kappa shape index (κ2) is 9.15. The molecule has 0 saturated heterocycles. The molecular weight excluding hydrogens is 364 g/mol. The van der Waals surface area contributed by atoms with Crippen LogP contribution in [-0.2, 0) is 11.2 Å². The SMILES string of the molecule is O=C(CNc1ccccc1OCCOc1ccccc1)N1CCc2ccccc21. The number of rotatable bonds is 8. The van der Waals surface area contributed by atoms with E-state index in [1.54, 1.807) is 0 Å². The summed E-state index contributed by atoms with van der Waals surface area (Å²) in [6.45, 7) is 1.81. The molecule has 29 heavy (non-hydrogen) atoms. The Morgan fingerprint density at radius 3 is 2.48 bits per heavy atom. The van der Waals surface area contributed by atoms with E-state index in [0.29, 0.717) is 19.0 Å². The van der Waals surface area contributed by atoms with Crippen molar-refractivity contribution in [1.29, 1.82) is 0 Å². The van der Waals surface area contributed by atoms with E-state index in [4.69, 9.17) is 9.47 Å². The van der Waals surface area contributed by atoms with E-state index in [0.717, 1.165) is 30.1 Å². The zero-order valence-corrected chi connectivity index (χ0v) is 16.2. The molecule has 0 bridgehead atoms. The summed E-state index contributed by atoms with van der Waals surface area (Å²) < 4.78 is 11.5.